The number of hydrogen-bond donors (Lipinski definition) is 2. The number of aliphatic imine (C=N–C) groups is 1. The average molecular weight is 289 g/mol. The van der Waals surface area contributed by atoms with Crippen LogP contribution in [0.15, 0.2) is 40.6 Å². The quantitative estimate of drug-likeness (QED) is 0.762. The maximum absolute atomic E-state index is 11.7. The van der Waals surface area contributed by atoms with Gasteiger partial charge in [-0.05, 0) is 48.9 Å². The van der Waals surface area contributed by atoms with Crippen molar-refractivity contribution in [3.8, 4) is 0 Å². The summed E-state index contributed by atoms with van der Waals surface area (Å²) in [7, 11) is 1.73. The van der Waals surface area contributed by atoms with Gasteiger partial charge in [0, 0.05) is 19.3 Å². The maximum Gasteiger partial charge on any atom is 0.407 e. The van der Waals surface area contributed by atoms with Gasteiger partial charge in [0.25, 0.3) is 0 Å². The number of nitrogens with zero attached hydrogens (tertiary/aromatic N) is 1. The van der Waals surface area contributed by atoms with E-state index in [0.717, 1.165) is 36.8 Å². The van der Waals surface area contributed by atoms with Gasteiger partial charge < -0.3 is 15.8 Å². The lowest BCUT2D eigenvalue weighted by Gasteiger charge is -2.35. The highest BCUT2D eigenvalue weighted by Gasteiger charge is 2.32. The summed E-state index contributed by atoms with van der Waals surface area (Å²) in [4.78, 5) is 15.7. The summed E-state index contributed by atoms with van der Waals surface area (Å²) in [6.07, 6.45) is 13.1. The van der Waals surface area contributed by atoms with Crippen LogP contribution in [-0.4, -0.2) is 32.0 Å². The Bertz CT molecular complexity index is 486. The smallest absolute Gasteiger partial charge is 0.407 e. The summed E-state index contributed by atoms with van der Waals surface area (Å²) in [6.45, 7) is 0.342. The number of amides is 1. The van der Waals surface area contributed by atoms with E-state index >= 15 is 0 Å². The van der Waals surface area contributed by atoms with E-state index in [4.69, 9.17) is 10.5 Å². The molecule has 0 heterocycles. The van der Waals surface area contributed by atoms with Crippen LogP contribution in [0.1, 0.15) is 25.7 Å². The number of allylic oxidation sites excluding steroid dienone is 3. The van der Waals surface area contributed by atoms with Crippen molar-refractivity contribution in [3.05, 3.63) is 35.6 Å². The Hall–Kier alpha value is -2.04. The van der Waals surface area contributed by atoms with Crippen molar-refractivity contribution in [2.75, 3.05) is 13.7 Å². The topological polar surface area (TPSA) is 76.7 Å². The Labute approximate surface area is 125 Å². The molecule has 1 saturated carbocycles. The van der Waals surface area contributed by atoms with Gasteiger partial charge in [-0.3, -0.25) is 4.99 Å². The van der Waals surface area contributed by atoms with Gasteiger partial charge >= 0.3 is 6.09 Å². The molecular formula is C16H23N3O2. The number of hydrogen-bond acceptors (Lipinski definition) is 4. The van der Waals surface area contributed by atoms with Gasteiger partial charge in [-0.1, -0.05) is 18.2 Å². The van der Waals surface area contributed by atoms with Crippen molar-refractivity contribution in [2.24, 2.45) is 16.6 Å². The molecule has 2 rings (SSSR count). The number of carbonyl (C=O) groups is 1. The van der Waals surface area contributed by atoms with Crippen LogP contribution in [-0.2, 0) is 4.74 Å². The number of ether oxygens (including phenoxy) is 1. The van der Waals surface area contributed by atoms with Gasteiger partial charge in [-0.2, -0.15) is 0 Å². The highest BCUT2D eigenvalue weighted by atomic mass is 16.5. The fraction of sp³-hybridized carbons (Fsp3) is 0.500. The third-order valence-electron chi connectivity index (χ3n) is 3.84. The molecule has 5 nitrogen and oxygen atoms in total. The Kier molecular flexibility index (Phi) is 5.60. The van der Waals surface area contributed by atoms with Gasteiger partial charge in [0.15, 0.2) is 0 Å². The summed E-state index contributed by atoms with van der Waals surface area (Å²) in [5, 5.41) is 2.88. The standard InChI is InChI=1S/C16H23N3O2/c1-18-10-14(9-17)13-7-15(8-13)19-16(20)21-11-12-5-3-2-4-6-12/h3,5-6,9-10,13,15H,2,4,7-8,11,17H2,1H3,(H,19,20)/b14-9+,18-10?. The van der Waals surface area contributed by atoms with Crippen molar-refractivity contribution in [1.29, 1.82) is 0 Å². The lowest BCUT2D eigenvalue weighted by molar-refractivity contribution is 0.140. The van der Waals surface area contributed by atoms with Gasteiger partial charge in [0.1, 0.15) is 6.61 Å². The van der Waals surface area contributed by atoms with Crippen LogP contribution >= 0.6 is 0 Å². The zero-order chi connectivity index (χ0) is 15.1. The van der Waals surface area contributed by atoms with E-state index in [1.807, 2.05) is 6.08 Å². The molecule has 3 N–H and O–H groups in total. The predicted octanol–water partition coefficient (Wildman–Crippen LogP) is 2.31. The molecule has 0 aliphatic heterocycles. The minimum absolute atomic E-state index is 0.165. The summed E-state index contributed by atoms with van der Waals surface area (Å²) in [6, 6.07) is 0.165. The third-order valence-corrected chi connectivity index (χ3v) is 3.84. The first-order chi connectivity index (χ1) is 10.2. The van der Waals surface area contributed by atoms with Crippen molar-refractivity contribution >= 4 is 12.3 Å². The first kappa shape index (κ1) is 15.4. The first-order valence-electron chi connectivity index (χ1n) is 7.35. The molecule has 114 valence electrons. The highest BCUT2D eigenvalue weighted by molar-refractivity contribution is 5.79. The number of alkyl carbamates (subject to hydrolysis) is 1. The normalized spacial score (nSPS) is 25.4. The maximum atomic E-state index is 11.7. The number of carbonyl (C=O) groups excluding carboxylic acids is 1. The molecular weight excluding hydrogens is 266 g/mol. The molecule has 0 bridgehead atoms. The van der Waals surface area contributed by atoms with Crippen LogP contribution in [0.4, 0.5) is 4.79 Å². The largest absolute Gasteiger partial charge is 0.445 e. The van der Waals surface area contributed by atoms with E-state index < -0.39 is 0 Å². The molecule has 0 radical (unpaired) electrons. The molecule has 0 unspecified atom stereocenters. The number of rotatable bonds is 5. The van der Waals surface area contributed by atoms with Crippen LogP contribution < -0.4 is 11.1 Å². The first-order valence-corrected chi connectivity index (χ1v) is 7.35. The van der Waals surface area contributed by atoms with Crippen LogP contribution in [0, 0.1) is 5.92 Å². The van der Waals surface area contributed by atoms with Crippen molar-refractivity contribution in [3.63, 3.8) is 0 Å². The van der Waals surface area contributed by atoms with E-state index in [9.17, 15) is 4.79 Å². The van der Waals surface area contributed by atoms with E-state index in [0.29, 0.717) is 12.5 Å². The van der Waals surface area contributed by atoms with E-state index in [1.165, 1.54) is 0 Å². The zero-order valence-electron chi connectivity index (χ0n) is 12.4. The SMILES string of the molecule is CN=C/C(=C\N)C1CC(NC(=O)OCC2=CCCC=C2)C1. The molecule has 0 aromatic rings. The lowest BCUT2D eigenvalue weighted by atomic mass is 9.76. The molecule has 5 heteroatoms. The fourth-order valence-electron chi connectivity index (χ4n) is 2.57. The molecule has 0 atom stereocenters. The second-order valence-corrected chi connectivity index (χ2v) is 5.40. The van der Waals surface area contributed by atoms with Crippen molar-refractivity contribution in [1.82, 2.24) is 5.32 Å². The van der Waals surface area contributed by atoms with Gasteiger partial charge in [0.2, 0.25) is 0 Å². The Morgan fingerprint density at radius 3 is 2.95 bits per heavy atom. The minimum atomic E-state index is -0.347. The summed E-state index contributed by atoms with van der Waals surface area (Å²) in [5.41, 5.74) is 7.66. The van der Waals surface area contributed by atoms with Crippen LogP contribution in [0.3, 0.4) is 0 Å². The molecule has 1 amide bonds. The van der Waals surface area contributed by atoms with E-state index in [2.05, 4.69) is 22.5 Å². The monoisotopic (exact) mass is 289 g/mol. The summed E-state index contributed by atoms with van der Waals surface area (Å²) < 4.78 is 5.22. The predicted molar refractivity (Wildman–Crippen MR) is 84.1 cm³/mol. The molecule has 0 aromatic heterocycles. The Morgan fingerprint density at radius 1 is 1.52 bits per heavy atom. The molecule has 0 spiro atoms. The second-order valence-electron chi connectivity index (χ2n) is 5.40. The lowest BCUT2D eigenvalue weighted by Crippen LogP contribution is -2.45. The Morgan fingerprint density at radius 2 is 2.33 bits per heavy atom. The molecule has 0 saturated heterocycles. The molecule has 21 heavy (non-hydrogen) atoms. The number of nitrogens with one attached hydrogen (secondary N) is 1. The third kappa shape index (κ3) is 4.48. The van der Waals surface area contributed by atoms with Crippen LogP contribution in [0.5, 0.6) is 0 Å². The molecule has 2 aliphatic rings. The Balaban J connectivity index is 1.66. The van der Waals surface area contributed by atoms with Crippen LogP contribution in [0.25, 0.3) is 0 Å². The molecule has 1 fully saturated rings. The fourth-order valence-corrected chi connectivity index (χ4v) is 2.57. The van der Waals surface area contributed by atoms with Crippen molar-refractivity contribution < 1.29 is 9.53 Å². The zero-order valence-corrected chi connectivity index (χ0v) is 12.4. The second kappa shape index (κ2) is 7.67. The van der Waals surface area contributed by atoms with Gasteiger partial charge in [0.05, 0.1) is 0 Å². The summed E-state index contributed by atoms with van der Waals surface area (Å²) in [5.74, 6) is 0.382. The number of nitrogens with two attached hydrogens (primary N) is 1. The molecule has 0 aromatic carbocycles. The van der Waals surface area contributed by atoms with E-state index in [-0.39, 0.29) is 12.1 Å². The average Bonchev–Trinajstić information content (AvgIpc) is 2.47. The van der Waals surface area contributed by atoms with Crippen molar-refractivity contribution in [2.45, 2.75) is 31.7 Å². The summed E-state index contributed by atoms with van der Waals surface area (Å²) >= 11 is 0. The van der Waals surface area contributed by atoms with Crippen LogP contribution in [0.2, 0.25) is 0 Å². The molecule has 2 aliphatic carbocycles. The van der Waals surface area contributed by atoms with Gasteiger partial charge in [-0.15, -0.1) is 0 Å². The highest BCUT2D eigenvalue weighted by Crippen LogP contribution is 2.32. The minimum Gasteiger partial charge on any atom is -0.445 e. The van der Waals surface area contributed by atoms with E-state index in [1.54, 1.807) is 19.5 Å². The van der Waals surface area contributed by atoms with Gasteiger partial charge in [-0.25, -0.2) is 4.79 Å².